The van der Waals surface area contributed by atoms with Crippen molar-refractivity contribution < 1.29 is 9.13 Å². The summed E-state index contributed by atoms with van der Waals surface area (Å²) in [4.78, 5) is 0. The standard InChI is InChI=1S/C15H14FN3OS/c1-20-14-7-5-13(6-8-14)18-15(21)19-17-10-11-3-2-4-12(16)9-11/h2-10H,1H3,(H2,18,19,21)/b17-10+. The fourth-order valence-electron chi connectivity index (χ4n) is 1.59. The van der Waals surface area contributed by atoms with E-state index in [0.717, 1.165) is 11.4 Å². The SMILES string of the molecule is COc1ccc(NC(=S)N/N=C/c2cccc(F)c2)cc1. The number of hydrogen-bond acceptors (Lipinski definition) is 3. The van der Waals surface area contributed by atoms with E-state index in [4.69, 9.17) is 17.0 Å². The van der Waals surface area contributed by atoms with Gasteiger partial charge in [0.25, 0.3) is 0 Å². The van der Waals surface area contributed by atoms with Gasteiger partial charge in [-0.25, -0.2) is 4.39 Å². The Morgan fingerprint density at radius 1 is 1.24 bits per heavy atom. The van der Waals surface area contributed by atoms with Crippen molar-refractivity contribution in [2.75, 3.05) is 12.4 Å². The molecule has 0 saturated carbocycles. The molecule has 6 heteroatoms. The molecule has 108 valence electrons. The number of nitrogens with zero attached hydrogens (tertiary/aromatic N) is 1. The molecule has 0 fully saturated rings. The molecule has 0 radical (unpaired) electrons. The molecule has 2 aromatic rings. The summed E-state index contributed by atoms with van der Waals surface area (Å²) >= 11 is 5.10. The highest BCUT2D eigenvalue weighted by molar-refractivity contribution is 7.80. The number of ether oxygens (including phenoxy) is 1. The quantitative estimate of drug-likeness (QED) is 0.517. The van der Waals surface area contributed by atoms with E-state index < -0.39 is 0 Å². The molecule has 0 atom stereocenters. The highest BCUT2D eigenvalue weighted by Gasteiger charge is 1.97. The van der Waals surface area contributed by atoms with Crippen LogP contribution in [0.2, 0.25) is 0 Å². The van der Waals surface area contributed by atoms with E-state index in [-0.39, 0.29) is 5.82 Å². The minimum Gasteiger partial charge on any atom is -0.497 e. The molecule has 0 heterocycles. The molecule has 2 rings (SSSR count). The van der Waals surface area contributed by atoms with Crippen LogP contribution < -0.4 is 15.5 Å². The zero-order valence-electron chi connectivity index (χ0n) is 11.3. The molecule has 0 spiro atoms. The van der Waals surface area contributed by atoms with Crippen molar-refractivity contribution in [1.82, 2.24) is 5.43 Å². The zero-order valence-corrected chi connectivity index (χ0v) is 12.2. The van der Waals surface area contributed by atoms with Crippen LogP contribution in [0.15, 0.2) is 53.6 Å². The Morgan fingerprint density at radius 3 is 2.67 bits per heavy atom. The first-order chi connectivity index (χ1) is 10.2. The van der Waals surface area contributed by atoms with Gasteiger partial charge >= 0.3 is 0 Å². The minimum atomic E-state index is -0.308. The Morgan fingerprint density at radius 2 is 2.00 bits per heavy atom. The van der Waals surface area contributed by atoms with E-state index in [1.54, 1.807) is 19.2 Å². The van der Waals surface area contributed by atoms with Crippen molar-refractivity contribution in [2.45, 2.75) is 0 Å². The minimum absolute atomic E-state index is 0.308. The van der Waals surface area contributed by atoms with Gasteiger partial charge in [0.05, 0.1) is 13.3 Å². The number of benzene rings is 2. The summed E-state index contributed by atoms with van der Waals surface area (Å²) in [6, 6.07) is 13.4. The molecule has 0 aliphatic rings. The normalized spacial score (nSPS) is 10.4. The fourth-order valence-corrected chi connectivity index (χ4v) is 1.76. The lowest BCUT2D eigenvalue weighted by Crippen LogP contribution is -2.23. The predicted octanol–water partition coefficient (Wildman–Crippen LogP) is 3.15. The van der Waals surface area contributed by atoms with Crippen LogP contribution in [0.3, 0.4) is 0 Å². The van der Waals surface area contributed by atoms with Gasteiger partial charge in [-0.05, 0) is 54.2 Å². The average molecular weight is 303 g/mol. The molecule has 0 bridgehead atoms. The highest BCUT2D eigenvalue weighted by Crippen LogP contribution is 2.14. The van der Waals surface area contributed by atoms with Gasteiger partial charge in [-0.1, -0.05) is 12.1 Å². The number of methoxy groups -OCH3 is 1. The summed E-state index contributed by atoms with van der Waals surface area (Å²) < 4.78 is 18.0. The number of rotatable bonds is 4. The van der Waals surface area contributed by atoms with Crippen molar-refractivity contribution >= 4 is 29.2 Å². The largest absolute Gasteiger partial charge is 0.497 e. The molecular formula is C15H14FN3OS. The Bertz CT molecular complexity index is 644. The summed E-state index contributed by atoms with van der Waals surface area (Å²) in [5, 5.41) is 7.25. The third-order valence-electron chi connectivity index (χ3n) is 2.58. The fraction of sp³-hybridized carbons (Fsp3) is 0.0667. The van der Waals surface area contributed by atoms with E-state index in [2.05, 4.69) is 15.8 Å². The summed E-state index contributed by atoms with van der Waals surface area (Å²) in [6.45, 7) is 0. The van der Waals surface area contributed by atoms with E-state index >= 15 is 0 Å². The lowest BCUT2D eigenvalue weighted by atomic mass is 10.2. The van der Waals surface area contributed by atoms with Crippen molar-refractivity contribution in [1.29, 1.82) is 0 Å². The highest BCUT2D eigenvalue weighted by atomic mass is 32.1. The Balaban J connectivity index is 1.86. The smallest absolute Gasteiger partial charge is 0.191 e. The first-order valence-electron chi connectivity index (χ1n) is 6.17. The molecule has 0 aliphatic heterocycles. The maximum atomic E-state index is 13.0. The second kappa shape index (κ2) is 7.35. The first-order valence-corrected chi connectivity index (χ1v) is 6.58. The Labute approximate surface area is 127 Å². The topological polar surface area (TPSA) is 45.6 Å². The Hall–Kier alpha value is -2.47. The maximum Gasteiger partial charge on any atom is 0.191 e. The van der Waals surface area contributed by atoms with Gasteiger partial charge < -0.3 is 10.1 Å². The third kappa shape index (κ3) is 4.85. The maximum absolute atomic E-state index is 13.0. The summed E-state index contributed by atoms with van der Waals surface area (Å²) in [5.41, 5.74) is 4.13. The van der Waals surface area contributed by atoms with E-state index in [9.17, 15) is 4.39 Å². The van der Waals surface area contributed by atoms with Crippen LogP contribution in [0, 0.1) is 5.82 Å². The van der Waals surface area contributed by atoms with Crippen molar-refractivity contribution in [2.24, 2.45) is 5.10 Å². The van der Waals surface area contributed by atoms with Crippen LogP contribution in [-0.2, 0) is 0 Å². The molecular weight excluding hydrogens is 289 g/mol. The predicted molar refractivity (Wildman–Crippen MR) is 86.3 cm³/mol. The van der Waals surface area contributed by atoms with Crippen molar-refractivity contribution in [3.63, 3.8) is 0 Å². The van der Waals surface area contributed by atoms with Gasteiger partial charge in [0.1, 0.15) is 11.6 Å². The summed E-state index contributed by atoms with van der Waals surface area (Å²) in [6.07, 6.45) is 1.49. The molecule has 4 nitrogen and oxygen atoms in total. The van der Waals surface area contributed by atoms with Gasteiger partial charge in [0, 0.05) is 5.69 Å². The molecule has 2 N–H and O–H groups in total. The van der Waals surface area contributed by atoms with Crippen LogP contribution >= 0.6 is 12.2 Å². The van der Waals surface area contributed by atoms with Gasteiger partial charge in [0.15, 0.2) is 5.11 Å². The van der Waals surface area contributed by atoms with Gasteiger partial charge in [-0.3, -0.25) is 5.43 Å². The number of thiocarbonyl (C=S) groups is 1. The van der Waals surface area contributed by atoms with Gasteiger partial charge in [-0.2, -0.15) is 5.10 Å². The third-order valence-corrected chi connectivity index (χ3v) is 2.77. The molecule has 0 amide bonds. The van der Waals surface area contributed by atoms with Crippen LogP contribution in [0.25, 0.3) is 0 Å². The molecule has 0 aliphatic carbocycles. The molecule has 0 saturated heterocycles. The summed E-state index contributed by atoms with van der Waals surface area (Å²) in [5.74, 6) is 0.460. The number of hydrogen-bond donors (Lipinski definition) is 2. The van der Waals surface area contributed by atoms with Crippen LogP contribution in [-0.4, -0.2) is 18.4 Å². The molecule has 0 unspecified atom stereocenters. The van der Waals surface area contributed by atoms with Crippen LogP contribution in [0.5, 0.6) is 5.75 Å². The van der Waals surface area contributed by atoms with Crippen LogP contribution in [0.1, 0.15) is 5.56 Å². The van der Waals surface area contributed by atoms with E-state index in [1.807, 2.05) is 24.3 Å². The number of anilines is 1. The second-order valence-electron chi connectivity index (χ2n) is 4.11. The van der Waals surface area contributed by atoms with Crippen molar-refractivity contribution in [3.05, 3.63) is 59.9 Å². The van der Waals surface area contributed by atoms with Gasteiger partial charge in [-0.15, -0.1) is 0 Å². The number of nitrogens with one attached hydrogen (secondary N) is 2. The van der Waals surface area contributed by atoms with Gasteiger partial charge in [0.2, 0.25) is 0 Å². The average Bonchev–Trinajstić information content (AvgIpc) is 2.48. The molecule has 0 aromatic heterocycles. The summed E-state index contributed by atoms with van der Waals surface area (Å²) in [7, 11) is 1.61. The lowest BCUT2D eigenvalue weighted by Gasteiger charge is -2.07. The lowest BCUT2D eigenvalue weighted by molar-refractivity contribution is 0.415. The molecule has 21 heavy (non-hydrogen) atoms. The van der Waals surface area contributed by atoms with E-state index in [0.29, 0.717) is 10.7 Å². The zero-order chi connectivity index (χ0) is 15.1. The first kappa shape index (κ1) is 14.9. The Kier molecular flexibility index (Phi) is 5.22. The molecule has 2 aromatic carbocycles. The monoisotopic (exact) mass is 303 g/mol. The van der Waals surface area contributed by atoms with E-state index in [1.165, 1.54) is 18.3 Å². The van der Waals surface area contributed by atoms with Crippen molar-refractivity contribution in [3.8, 4) is 5.75 Å². The number of hydrazone groups is 1. The number of halogens is 1. The van der Waals surface area contributed by atoms with Crippen LogP contribution in [0.4, 0.5) is 10.1 Å². The second-order valence-corrected chi connectivity index (χ2v) is 4.52.